The molecule has 1 heterocycles. The van der Waals surface area contributed by atoms with E-state index in [0.29, 0.717) is 5.82 Å². The molecule has 88 valence electrons. The SMILES string of the molecule is Cc1cc(C)nc(NC(=O)C(Br)C(C)C)c1. The Morgan fingerprint density at radius 3 is 2.50 bits per heavy atom. The Bertz CT molecular complexity index is 370. The maximum atomic E-state index is 11.8. The summed E-state index contributed by atoms with van der Waals surface area (Å²) in [5, 5.41) is 2.81. The van der Waals surface area contributed by atoms with Crippen LogP contribution in [0.15, 0.2) is 12.1 Å². The molecule has 1 amide bonds. The summed E-state index contributed by atoms with van der Waals surface area (Å²) in [4.78, 5) is 15.9. The number of nitrogens with one attached hydrogen (secondary N) is 1. The van der Waals surface area contributed by atoms with Gasteiger partial charge in [-0.1, -0.05) is 29.8 Å². The molecule has 16 heavy (non-hydrogen) atoms. The zero-order valence-electron chi connectivity index (χ0n) is 10.0. The highest BCUT2D eigenvalue weighted by Crippen LogP contribution is 2.15. The van der Waals surface area contributed by atoms with Crippen molar-refractivity contribution in [3.8, 4) is 0 Å². The zero-order chi connectivity index (χ0) is 12.3. The van der Waals surface area contributed by atoms with Gasteiger partial charge in [0.25, 0.3) is 0 Å². The molecule has 0 fully saturated rings. The zero-order valence-corrected chi connectivity index (χ0v) is 11.6. The largest absolute Gasteiger partial charge is 0.310 e. The van der Waals surface area contributed by atoms with Gasteiger partial charge in [0.05, 0.1) is 4.83 Å². The first kappa shape index (κ1) is 13.2. The number of amides is 1. The Kier molecular flexibility index (Phi) is 4.47. The van der Waals surface area contributed by atoms with Gasteiger partial charge < -0.3 is 5.32 Å². The first-order chi connectivity index (χ1) is 7.40. The Hall–Kier alpha value is -0.900. The van der Waals surface area contributed by atoms with Crippen LogP contribution in [0.1, 0.15) is 25.1 Å². The number of nitrogens with zero attached hydrogens (tertiary/aromatic N) is 1. The smallest absolute Gasteiger partial charge is 0.239 e. The summed E-state index contributed by atoms with van der Waals surface area (Å²) in [5.41, 5.74) is 2.00. The lowest BCUT2D eigenvalue weighted by Gasteiger charge is -2.13. The number of rotatable bonds is 3. The van der Waals surface area contributed by atoms with E-state index in [9.17, 15) is 4.79 Å². The molecule has 1 N–H and O–H groups in total. The van der Waals surface area contributed by atoms with Gasteiger partial charge in [-0.3, -0.25) is 4.79 Å². The fourth-order valence-electron chi connectivity index (χ4n) is 1.40. The van der Waals surface area contributed by atoms with Crippen LogP contribution in [0.2, 0.25) is 0 Å². The molecule has 0 saturated heterocycles. The monoisotopic (exact) mass is 284 g/mol. The number of pyridine rings is 1. The lowest BCUT2D eigenvalue weighted by Crippen LogP contribution is -2.27. The van der Waals surface area contributed by atoms with Crippen molar-refractivity contribution in [2.45, 2.75) is 32.5 Å². The van der Waals surface area contributed by atoms with Gasteiger partial charge in [0, 0.05) is 5.69 Å². The molecule has 1 aromatic rings. The number of halogens is 1. The second-order valence-electron chi connectivity index (χ2n) is 4.31. The van der Waals surface area contributed by atoms with Gasteiger partial charge in [-0.05, 0) is 37.5 Å². The summed E-state index contributed by atoms with van der Waals surface area (Å²) in [5.74, 6) is 0.825. The number of carbonyl (C=O) groups excluding carboxylic acids is 1. The van der Waals surface area contributed by atoms with Crippen LogP contribution < -0.4 is 5.32 Å². The molecule has 0 bridgehead atoms. The fourth-order valence-corrected chi connectivity index (χ4v) is 1.52. The highest BCUT2D eigenvalue weighted by atomic mass is 79.9. The number of aromatic nitrogens is 1. The first-order valence-corrected chi connectivity index (χ1v) is 6.22. The third kappa shape index (κ3) is 3.59. The minimum Gasteiger partial charge on any atom is -0.310 e. The standard InChI is InChI=1S/C12H17BrN2O/c1-7(2)11(13)12(16)15-10-6-8(3)5-9(4)14-10/h5-7,11H,1-4H3,(H,14,15,16). The predicted molar refractivity (Wildman–Crippen MR) is 69.9 cm³/mol. The van der Waals surface area contributed by atoms with Crippen LogP contribution in [0.5, 0.6) is 0 Å². The summed E-state index contributed by atoms with van der Waals surface area (Å²) in [6.07, 6.45) is 0. The van der Waals surface area contributed by atoms with Crippen molar-refractivity contribution in [1.82, 2.24) is 4.98 Å². The average Bonchev–Trinajstić information content (AvgIpc) is 2.14. The molecule has 0 aliphatic carbocycles. The van der Waals surface area contributed by atoms with Crippen LogP contribution in [0, 0.1) is 19.8 Å². The lowest BCUT2D eigenvalue weighted by atomic mass is 10.1. The Morgan fingerprint density at radius 1 is 1.38 bits per heavy atom. The molecule has 1 atom stereocenters. The molecule has 0 saturated carbocycles. The molecule has 1 rings (SSSR count). The molecule has 0 aliphatic heterocycles. The topological polar surface area (TPSA) is 42.0 Å². The second kappa shape index (κ2) is 5.43. The van der Waals surface area contributed by atoms with E-state index in [4.69, 9.17) is 0 Å². The molecular weight excluding hydrogens is 268 g/mol. The van der Waals surface area contributed by atoms with Gasteiger partial charge in [-0.2, -0.15) is 0 Å². The third-order valence-corrected chi connectivity index (χ3v) is 3.66. The van der Waals surface area contributed by atoms with E-state index in [0.717, 1.165) is 11.3 Å². The number of anilines is 1. The molecule has 0 aromatic carbocycles. The van der Waals surface area contributed by atoms with E-state index in [1.807, 2.05) is 39.8 Å². The van der Waals surface area contributed by atoms with Crippen LogP contribution in [0.25, 0.3) is 0 Å². The van der Waals surface area contributed by atoms with E-state index in [1.165, 1.54) is 0 Å². The van der Waals surface area contributed by atoms with E-state index in [2.05, 4.69) is 26.2 Å². The summed E-state index contributed by atoms with van der Waals surface area (Å²) in [6, 6.07) is 3.84. The highest BCUT2D eigenvalue weighted by molar-refractivity contribution is 9.10. The lowest BCUT2D eigenvalue weighted by molar-refractivity contribution is -0.116. The average molecular weight is 285 g/mol. The normalized spacial score (nSPS) is 12.6. The van der Waals surface area contributed by atoms with Crippen molar-refractivity contribution in [2.75, 3.05) is 5.32 Å². The molecule has 3 nitrogen and oxygen atoms in total. The van der Waals surface area contributed by atoms with Crippen LogP contribution in [0.4, 0.5) is 5.82 Å². The summed E-state index contributed by atoms with van der Waals surface area (Å²) >= 11 is 3.36. The number of hydrogen-bond acceptors (Lipinski definition) is 2. The molecule has 1 unspecified atom stereocenters. The van der Waals surface area contributed by atoms with Crippen molar-refractivity contribution in [2.24, 2.45) is 5.92 Å². The second-order valence-corrected chi connectivity index (χ2v) is 5.29. The van der Waals surface area contributed by atoms with E-state index in [-0.39, 0.29) is 16.7 Å². The summed E-state index contributed by atoms with van der Waals surface area (Å²) < 4.78 is 0. The van der Waals surface area contributed by atoms with Gasteiger partial charge in [0.1, 0.15) is 5.82 Å². The Balaban J connectivity index is 2.77. The van der Waals surface area contributed by atoms with Gasteiger partial charge >= 0.3 is 0 Å². The van der Waals surface area contributed by atoms with Gasteiger partial charge in [0.15, 0.2) is 0 Å². The summed E-state index contributed by atoms with van der Waals surface area (Å²) in [7, 11) is 0. The first-order valence-electron chi connectivity index (χ1n) is 5.30. The minimum atomic E-state index is -0.185. The van der Waals surface area contributed by atoms with Crippen LogP contribution in [0.3, 0.4) is 0 Å². The van der Waals surface area contributed by atoms with Gasteiger partial charge in [-0.15, -0.1) is 0 Å². The fraction of sp³-hybridized carbons (Fsp3) is 0.500. The van der Waals surface area contributed by atoms with E-state index >= 15 is 0 Å². The van der Waals surface area contributed by atoms with Crippen molar-refractivity contribution in [1.29, 1.82) is 0 Å². The number of hydrogen-bond donors (Lipinski definition) is 1. The molecule has 1 aromatic heterocycles. The van der Waals surface area contributed by atoms with Crippen molar-refractivity contribution >= 4 is 27.7 Å². The highest BCUT2D eigenvalue weighted by Gasteiger charge is 2.18. The molecular formula is C12H17BrN2O. The molecule has 4 heteroatoms. The van der Waals surface area contributed by atoms with Crippen LogP contribution in [-0.2, 0) is 4.79 Å². The van der Waals surface area contributed by atoms with Gasteiger partial charge in [0.2, 0.25) is 5.91 Å². The van der Waals surface area contributed by atoms with E-state index < -0.39 is 0 Å². The molecule has 0 spiro atoms. The van der Waals surface area contributed by atoms with Crippen molar-refractivity contribution in [3.63, 3.8) is 0 Å². The van der Waals surface area contributed by atoms with E-state index in [1.54, 1.807) is 0 Å². The molecule has 0 radical (unpaired) electrons. The van der Waals surface area contributed by atoms with Crippen LogP contribution >= 0.6 is 15.9 Å². The third-order valence-electron chi connectivity index (χ3n) is 2.18. The quantitative estimate of drug-likeness (QED) is 0.867. The maximum Gasteiger partial charge on any atom is 0.239 e. The van der Waals surface area contributed by atoms with Crippen molar-refractivity contribution < 1.29 is 4.79 Å². The maximum absolute atomic E-state index is 11.8. The van der Waals surface area contributed by atoms with Gasteiger partial charge in [-0.25, -0.2) is 4.98 Å². The predicted octanol–water partition coefficient (Wildman–Crippen LogP) is 3.06. The number of alkyl halides is 1. The Labute approximate surface area is 105 Å². The minimum absolute atomic E-state index is 0.0486. The van der Waals surface area contributed by atoms with Crippen LogP contribution in [-0.4, -0.2) is 15.7 Å². The molecule has 0 aliphatic rings. The number of aryl methyl sites for hydroxylation is 2. The summed E-state index contributed by atoms with van der Waals surface area (Å²) in [6.45, 7) is 7.89. The number of carbonyl (C=O) groups is 1. The Morgan fingerprint density at radius 2 is 2.00 bits per heavy atom. The van der Waals surface area contributed by atoms with Crippen molar-refractivity contribution in [3.05, 3.63) is 23.4 Å².